The molecule has 160 valence electrons. The first kappa shape index (κ1) is 28.1. The summed E-state index contributed by atoms with van der Waals surface area (Å²) in [4.78, 5) is 0. The minimum atomic E-state index is -0.281. The van der Waals surface area contributed by atoms with Gasteiger partial charge in [0.1, 0.15) is 0 Å². The third-order valence-electron chi connectivity index (χ3n) is 4.71. The Morgan fingerprint density at radius 1 is 0.462 bits per heavy atom. The fraction of sp³-hybridized carbons (Fsp3) is 1.00. The van der Waals surface area contributed by atoms with Crippen LogP contribution < -0.4 is 0 Å². The van der Waals surface area contributed by atoms with Gasteiger partial charge >= 0.3 is 0 Å². The molecule has 26 heavy (non-hydrogen) atoms. The van der Waals surface area contributed by atoms with Crippen molar-refractivity contribution in [1.29, 1.82) is 0 Å². The van der Waals surface area contributed by atoms with Crippen molar-refractivity contribution in [3.63, 3.8) is 0 Å². The molecule has 0 fully saturated rings. The Hall–Kier alpha value is -0.160. The van der Waals surface area contributed by atoms with Crippen LogP contribution in [0.15, 0.2) is 0 Å². The second-order valence-electron chi connectivity index (χ2n) is 7.45. The maximum Gasteiger partial charge on any atom is 0.0562 e. The molecule has 0 spiro atoms. The summed E-state index contributed by atoms with van der Waals surface area (Å²) in [7, 11) is 0. The van der Waals surface area contributed by atoms with Gasteiger partial charge in [-0.25, -0.2) is 0 Å². The van der Waals surface area contributed by atoms with E-state index in [0.717, 1.165) is 25.7 Å². The highest BCUT2D eigenvalue weighted by molar-refractivity contribution is 4.56. The lowest BCUT2D eigenvalue weighted by molar-refractivity contribution is 0.122. The van der Waals surface area contributed by atoms with E-state index in [4.69, 9.17) is 10.2 Å². The highest BCUT2D eigenvalue weighted by Gasteiger charge is 2.02. The first-order valence-electron chi connectivity index (χ1n) is 11.2. The molecule has 4 N–H and O–H groups in total. The molecule has 0 rings (SSSR count). The average molecular weight is 377 g/mol. The van der Waals surface area contributed by atoms with Gasteiger partial charge < -0.3 is 20.4 Å². The zero-order valence-corrected chi connectivity index (χ0v) is 17.7. The van der Waals surface area contributed by atoms with Crippen LogP contribution in [0.2, 0.25) is 0 Å². The Bertz CT molecular complexity index is 212. The quantitative estimate of drug-likeness (QED) is 0.255. The summed E-state index contributed by atoms with van der Waals surface area (Å²) in [5.74, 6) is 0. The molecule has 4 heteroatoms. The highest BCUT2D eigenvalue weighted by Crippen LogP contribution is 2.10. The molecule has 0 aliphatic rings. The van der Waals surface area contributed by atoms with Gasteiger partial charge in [0.25, 0.3) is 0 Å². The van der Waals surface area contributed by atoms with Crippen LogP contribution in [-0.4, -0.2) is 45.8 Å². The van der Waals surface area contributed by atoms with E-state index in [2.05, 4.69) is 13.8 Å². The molecule has 0 bridgehead atoms. The van der Waals surface area contributed by atoms with Crippen molar-refractivity contribution in [2.45, 2.75) is 129 Å². The Labute approximate surface area is 163 Å². The van der Waals surface area contributed by atoms with Gasteiger partial charge in [-0.05, 0) is 25.7 Å². The SMILES string of the molecule is CCCCCCCCC(O)CCO.CCCCCCCCC(O)CCO. The smallest absolute Gasteiger partial charge is 0.0562 e. The summed E-state index contributed by atoms with van der Waals surface area (Å²) in [6.07, 6.45) is 17.3. The molecule has 2 atom stereocenters. The van der Waals surface area contributed by atoms with Gasteiger partial charge in [0.2, 0.25) is 0 Å². The standard InChI is InChI=1S/2C11H24O2/c2*1-2-3-4-5-6-7-8-11(13)9-10-12/h2*11-13H,2-10H2,1H3. The fourth-order valence-corrected chi connectivity index (χ4v) is 2.91. The molecule has 0 aliphatic heterocycles. The van der Waals surface area contributed by atoms with Crippen LogP contribution in [0, 0.1) is 0 Å². The van der Waals surface area contributed by atoms with Gasteiger partial charge in [0.15, 0.2) is 0 Å². The molecule has 0 amide bonds. The zero-order valence-electron chi connectivity index (χ0n) is 17.7. The van der Waals surface area contributed by atoms with E-state index in [0.29, 0.717) is 12.8 Å². The number of hydrogen-bond donors (Lipinski definition) is 4. The van der Waals surface area contributed by atoms with Crippen molar-refractivity contribution in [2.75, 3.05) is 13.2 Å². The van der Waals surface area contributed by atoms with E-state index in [1.54, 1.807) is 0 Å². The lowest BCUT2D eigenvalue weighted by atomic mass is 10.1. The Morgan fingerprint density at radius 2 is 0.769 bits per heavy atom. The van der Waals surface area contributed by atoms with E-state index in [1.807, 2.05) is 0 Å². The van der Waals surface area contributed by atoms with Crippen molar-refractivity contribution < 1.29 is 20.4 Å². The Balaban J connectivity index is 0. The van der Waals surface area contributed by atoms with Gasteiger partial charge in [-0.3, -0.25) is 0 Å². The number of unbranched alkanes of at least 4 members (excludes halogenated alkanes) is 10. The fourth-order valence-electron chi connectivity index (χ4n) is 2.91. The Kier molecular flexibility index (Phi) is 26.8. The van der Waals surface area contributed by atoms with Crippen molar-refractivity contribution >= 4 is 0 Å². The van der Waals surface area contributed by atoms with E-state index in [-0.39, 0.29) is 25.4 Å². The molecule has 0 radical (unpaired) electrons. The zero-order chi connectivity index (χ0) is 19.9. The number of aliphatic hydroxyl groups is 4. The van der Waals surface area contributed by atoms with Crippen LogP contribution in [0.25, 0.3) is 0 Å². The van der Waals surface area contributed by atoms with Gasteiger partial charge in [-0.2, -0.15) is 0 Å². The molecular weight excluding hydrogens is 328 g/mol. The topological polar surface area (TPSA) is 80.9 Å². The molecular formula is C22H48O4. The monoisotopic (exact) mass is 376 g/mol. The van der Waals surface area contributed by atoms with Gasteiger partial charge in [-0.15, -0.1) is 0 Å². The van der Waals surface area contributed by atoms with Gasteiger partial charge in [-0.1, -0.05) is 90.9 Å². The molecule has 0 aliphatic carbocycles. The number of hydrogen-bond acceptors (Lipinski definition) is 4. The molecule has 0 heterocycles. The van der Waals surface area contributed by atoms with Crippen LogP contribution in [0.3, 0.4) is 0 Å². The Morgan fingerprint density at radius 3 is 1.08 bits per heavy atom. The third-order valence-corrected chi connectivity index (χ3v) is 4.71. The maximum absolute atomic E-state index is 9.29. The van der Waals surface area contributed by atoms with E-state index >= 15 is 0 Å². The predicted octanol–water partition coefficient (Wildman–Crippen LogP) is 4.96. The first-order chi connectivity index (χ1) is 12.6. The third kappa shape index (κ3) is 26.1. The second-order valence-corrected chi connectivity index (χ2v) is 7.45. The largest absolute Gasteiger partial charge is 0.396 e. The summed E-state index contributed by atoms with van der Waals surface area (Å²) in [5.41, 5.74) is 0. The second kappa shape index (κ2) is 24.8. The summed E-state index contributed by atoms with van der Waals surface area (Å²) >= 11 is 0. The van der Waals surface area contributed by atoms with Crippen LogP contribution in [0.1, 0.15) is 117 Å². The minimum Gasteiger partial charge on any atom is -0.396 e. The summed E-state index contributed by atoms with van der Waals surface area (Å²) in [6.45, 7) is 4.64. The van der Waals surface area contributed by atoms with Crippen molar-refractivity contribution in [3.8, 4) is 0 Å². The summed E-state index contributed by atoms with van der Waals surface area (Å²) < 4.78 is 0. The van der Waals surface area contributed by atoms with Gasteiger partial charge in [0, 0.05) is 13.2 Å². The number of rotatable bonds is 18. The van der Waals surface area contributed by atoms with Crippen molar-refractivity contribution in [2.24, 2.45) is 0 Å². The highest BCUT2D eigenvalue weighted by atomic mass is 16.3. The number of aliphatic hydroxyl groups excluding tert-OH is 4. The summed E-state index contributed by atoms with van der Waals surface area (Å²) in [5, 5.41) is 35.7. The predicted molar refractivity (Wildman–Crippen MR) is 111 cm³/mol. The normalized spacial score (nSPS) is 13.2. The van der Waals surface area contributed by atoms with Crippen LogP contribution in [-0.2, 0) is 0 Å². The molecule has 4 nitrogen and oxygen atoms in total. The lowest BCUT2D eigenvalue weighted by Gasteiger charge is -2.07. The van der Waals surface area contributed by atoms with Crippen molar-refractivity contribution in [1.82, 2.24) is 0 Å². The molecule has 0 aromatic heterocycles. The van der Waals surface area contributed by atoms with E-state index in [1.165, 1.54) is 64.2 Å². The van der Waals surface area contributed by atoms with Crippen LogP contribution >= 0.6 is 0 Å². The molecule has 0 aromatic rings. The molecule has 0 aromatic carbocycles. The first-order valence-corrected chi connectivity index (χ1v) is 11.2. The average Bonchev–Trinajstić information content (AvgIpc) is 2.62. The van der Waals surface area contributed by atoms with Gasteiger partial charge in [0.05, 0.1) is 12.2 Å². The molecule has 2 unspecified atom stereocenters. The molecule has 0 saturated carbocycles. The van der Waals surface area contributed by atoms with E-state index < -0.39 is 0 Å². The van der Waals surface area contributed by atoms with Crippen LogP contribution in [0.4, 0.5) is 0 Å². The van der Waals surface area contributed by atoms with E-state index in [9.17, 15) is 10.2 Å². The minimum absolute atomic E-state index is 0.108. The lowest BCUT2D eigenvalue weighted by Crippen LogP contribution is -2.08. The van der Waals surface area contributed by atoms with Crippen LogP contribution in [0.5, 0.6) is 0 Å². The molecule has 0 saturated heterocycles. The van der Waals surface area contributed by atoms with Crippen molar-refractivity contribution in [3.05, 3.63) is 0 Å². The maximum atomic E-state index is 9.29. The summed E-state index contributed by atoms with van der Waals surface area (Å²) in [6, 6.07) is 0.